The quantitative estimate of drug-likeness (QED) is 0.166. The number of allylic oxidation sites excluding steroid dienone is 2. The van der Waals surface area contributed by atoms with Crippen LogP contribution >= 0.6 is 12.4 Å². The van der Waals surface area contributed by atoms with Gasteiger partial charge in [-0.25, -0.2) is 0 Å². The van der Waals surface area contributed by atoms with Crippen molar-refractivity contribution in [3.63, 3.8) is 0 Å². The highest BCUT2D eigenvalue weighted by Crippen LogP contribution is 2.13. The molecule has 0 rings (SSSR count). The number of hydrogen-bond acceptors (Lipinski definition) is 4. The summed E-state index contributed by atoms with van der Waals surface area (Å²) in [5.74, 6) is -2.73. The molecule has 0 radical (unpaired) electrons. The van der Waals surface area contributed by atoms with Gasteiger partial charge in [0.25, 0.3) is 5.97 Å². The second-order valence-corrected chi connectivity index (χ2v) is 7.02. The van der Waals surface area contributed by atoms with Crippen LogP contribution in [0.4, 0.5) is 0 Å². The zero-order valence-electron chi connectivity index (χ0n) is 16.2. The second-order valence-electron chi connectivity index (χ2n) is 7.02. The summed E-state index contributed by atoms with van der Waals surface area (Å²) in [4.78, 5) is 0. The van der Waals surface area contributed by atoms with E-state index in [9.17, 15) is 0 Å². The highest BCUT2D eigenvalue weighted by Gasteiger charge is 2.27. The van der Waals surface area contributed by atoms with Crippen LogP contribution in [0.25, 0.3) is 0 Å². The molecule has 0 saturated heterocycles. The normalized spacial score (nSPS) is 13.2. The Kier molecular flexibility index (Phi) is 20.2. The fourth-order valence-electron chi connectivity index (χ4n) is 2.81. The summed E-state index contributed by atoms with van der Waals surface area (Å²) in [5.41, 5.74) is 5.45. The molecule has 0 fully saturated rings. The molecular formula is C20H42ClNO3. The van der Waals surface area contributed by atoms with Crippen molar-refractivity contribution in [1.29, 1.82) is 0 Å². The molecule has 25 heavy (non-hydrogen) atoms. The summed E-state index contributed by atoms with van der Waals surface area (Å²) in [6.07, 6.45) is 22.4. The Hall–Kier alpha value is -0.130. The summed E-state index contributed by atoms with van der Waals surface area (Å²) >= 11 is 0. The lowest BCUT2D eigenvalue weighted by atomic mass is 10.0. The number of nitrogens with two attached hydrogens (primary N) is 1. The molecule has 0 aliphatic heterocycles. The number of halogens is 1. The molecule has 152 valence electrons. The molecule has 0 spiro atoms. The van der Waals surface area contributed by atoms with Gasteiger partial charge in [0, 0.05) is 0 Å². The third kappa shape index (κ3) is 20.0. The molecule has 5 heteroatoms. The van der Waals surface area contributed by atoms with E-state index in [1.54, 1.807) is 0 Å². The highest BCUT2D eigenvalue weighted by atomic mass is 35.5. The predicted octanol–water partition coefficient (Wildman–Crippen LogP) is 4.79. The fourth-order valence-corrected chi connectivity index (χ4v) is 2.81. The van der Waals surface area contributed by atoms with Crippen LogP contribution in [0.3, 0.4) is 0 Å². The SMILES string of the molecule is CCCCCCCC/C=C\CCCCCCCCC(N)C(O)(O)O.Cl. The Morgan fingerprint density at radius 3 is 1.56 bits per heavy atom. The van der Waals surface area contributed by atoms with Crippen LogP contribution in [0.5, 0.6) is 0 Å². The monoisotopic (exact) mass is 379 g/mol. The Bertz CT molecular complexity index is 293. The summed E-state index contributed by atoms with van der Waals surface area (Å²) < 4.78 is 0. The highest BCUT2D eigenvalue weighted by molar-refractivity contribution is 5.85. The van der Waals surface area contributed by atoms with Crippen molar-refractivity contribution in [3.05, 3.63) is 12.2 Å². The minimum atomic E-state index is -2.73. The largest absolute Gasteiger partial charge is 0.342 e. The minimum absolute atomic E-state index is 0. The Balaban J connectivity index is 0. The van der Waals surface area contributed by atoms with Crippen molar-refractivity contribution >= 4 is 12.4 Å². The Morgan fingerprint density at radius 2 is 1.12 bits per heavy atom. The van der Waals surface area contributed by atoms with Gasteiger partial charge >= 0.3 is 0 Å². The van der Waals surface area contributed by atoms with Crippen LogP contribution in [0.2, 0.25) is 0 Å². The number of hydrogen-bond donors (Lipinski definition) is 4. The molecule has 0 aliphatic carbocycles. The first-order valence-corrected chi connectivity index (χ1v) is 10.1. The maximum Gasteiger partial charge on any atom is 0.291 e. The van der Waals surface area contributed by atoms with Gasteiger partial charge in [-0.1, -0.05) is 83.3 Å². The molecule has 0 bridgehead atoms. The third-order valence-corrected chi connectivity index (χ3v) is 4.52. The van der Waals surface area contributed by atoms with Crippen molar-refractivity contribution in [2.45, 2.75) is 115 Å². The third-order valence-electron chi connectivity index (χ3n) is 4.52. The molecular weight excluding hydrogens is 338 g/mol. The van der Waals surface area contributed by atoms with Crippen molar-refractivity contribution in [2.24, 2.45) is 5.73 Å². The van der Waals surface area contributed by atoms with Gasteiger partial charge in [0.2, 0.25) is 0 Å². The topological polar surface area (TPSA) is 86.7 Å². The first-order valence-electron chi connectivity index (χ1n) is 10.1. The molecule has 5 N–H and O–H groups in total. The molecule has 0 aromatic carbocycles. The van der Waals surface area contributed by atoms with E-state index in [1.165, 1.54) is 70.6 Å². The maximum absolute atomic E-state index is 8.89. The molecule has 0 aromatic heterocycles. The molecule has 0 heterocycles. The number of unbranched alkanes of at least 4 members (excludes halogenated alkanes) is 12. The summed E-state index contributed by atoms with van der Waals surface area (Å²) in [6, 6.07) is -0.978. The van der Waals surface area contributed by atoms with Crippen molar-refractivity contribution in [1.82, 2.24) is 0 Å². The van der Waals surface area contributed by atoms with Gasteiger partial charge in [-0.2, -0.15) is 0 Å². The number of rotatable bonds is 17. The molecule has 0 aliphatic rings. The van der Waals surface area contributed by atoms with E-state index in [-0.39, 0.29) is 12.4 Å². The maximum atomic E-state index is 8.89. The molecule has 0 saturated carbocycles. The van der Waals surface area contributed by atoms with E-state index in [0.29, 0.717) is 6.42 Å². The fraction of sp³-hybridized carbons (Fsp3) is 0.900. The lowest BCUT2D eigenvalue weighted by Gasteiger charge is -2.21. The smallest absolute Gasteiger partial charge is 0.291 e. The average Bonchev–Trinajstić information content (AvgIpc) is 2.53. The molecule has 0 aromatic rings. The van der Waals surface area contributed by atoms with E-state index in [4.69, 9.17) is 21.1 Å². The Labute approximate surface area is 161 Å². The zero-order valence-corrected chi connectivity index (χ0v) is 17.0. The van der Waals surface area contributed by atoms with E-state index in [2.05, 4.69) is 19.1 Å². The van der Waals surface area contributed by atoms with Crippen LogP contribution in [0.15, 0.2) is 12.2 Å². The molecule has 0 amide bonds. The van der Waals surface area contributed by atoms with Crippen LogP contribution < -0.4 is 5.73 Å². The minimum Gasteiger partial charge on any atom is -0.342 e. The van der Waals surface area contributed by atoms with E-state index in [0.717, 1.165) is 19.3 Å². The van der Waals surface area contributed by atoms with Gasteiger partial charge in [-0.05, 0) is 32.1 Å². The second kappa shape index (κ2) is 18.7. The van der Waals surface area contributed by atoms with E-state index >= 15 is 0 Å². The first kappa shape index (κ1) is 27.1. The summed E-state index contributed by atoms with van der Waals surface area (Å²) in [6.45, 7) is 2.26. The van der Waals surface area contributed by atoms with Crippen molar-refractivity contribution < 1.29 is 15.3 Å². The number of aliphatic hydroxyl groups is 3. The molecule has 1 unspecified atom stereocenters. The van der Waals surface area contributed by atoms with Crippen molar-refractivity contribution in [3.8, 4) is 0 Å². The standard InChI is InChI=1S/C20H41NO3.ClH/c1-2-3-4-5-6-7-8-9-10-11-12-13-14-15-16-17-18-19(21)20(22,23)24;/h9-10,19,22-24H,2-8,11-18,21H2,1H3;1H/b10-9-;. The summed E-state index contributed by atoms with van der Waals surface area (Å²) in [5, 5.41) is 26.7. The van der Waals surface area contributed by atoms with Crippen LogP contribution in [0, 0.1) is 0 Å². The van der Waals surface area contributed by atoms with Crippen molar-refractivity contribution in [2.75, 3.05) is 0 Å². The first-order chi connectivity index (χ1) is 11.5. The lowest BCUT2D eigenvalue weighted by Crippen LogP contribution is -2.47. The average molecular weight is 380 g/mol. The van der Waals surface area contributed by atoms with Gasteiger partial charge in [-0.15, -0.1) is 12.4 Å². The van der Waals surface area contributed by atoms with Crippen LogP contribution in [-0.4, -0.2) is 27.3 Å². The van der Waals surface area contributed by atoms with E-state index < -0.39 is 12.0 Å². The molecule has 1 atom stereocenters. The van der Waals surface area contributed by atoms with Crippen LogP contribution in [0.1, 0.15) is 103 Å². The lowest BCUT2D eigenvalue weighted by molar-refractivity contribution is -0.323. The van der Waals surface area contributed by atoms with Gasteiger partial charge < -0.3 is 21.1 Å². The van der Waals surface area contributed by atoms with Gasteiger partial charge in [-0.3, -0.25) is 0 Å². The van der Waals surface area contributed by atoms with E-state index in [1.807, 2.05) is 0 Å². The summed E-state index contributed by atoms with van der Waals surface area (Å²) in [7, 11) is 0. The van der Waals surface area contributed by atoms with Crippen LogP contribution in [-0.2, 0) is 0 Å². The van der Waals surface area contributed by atoms with Gasteiger partial charge in [0.15, 0.2) is 0 Å². The predicted molar refractivity (Wildman–Crippen MR) is 109 cm³/mol. The zero-order chi connectivity index (χ0) is 18.1. The van der Waals surface area contributed by atoms with Gasteiger partial charge in [0.05, 0.1) is 6.04 Å². The molecule has 4 nitrogen and oxygen atoms in total. The van der Waals surface area contributed by atoms with Gasteiger partial charge in [0.1, 0.15) is 0 Å². The Morgan fingerprint density at radius 1 is 0.720 bits per heavy atom.